The first-order valence-electron chi connectivity index (χ1n) is 5.63. The predicted molar refractivity (Wildman–Crippen MR) is 64.4 cm³/mol. The summed E-state index contributed by atoms with van der Waals surface area (Å²) in [6.07, 6.45) is -3.57. The number of carboxylic acid groups (broad SMARTS) is 1. The molecule has 3 N–H and O–H groups in total. The average Bonchev–Trinajstić information content (AvgIpc) is 2.40. The van der Waals surface area contributed by atoms with Crippen LogP contribution in [0.15, 0.2) is 29.2 Å². The number of aromatic carboxylic acids is 1. The Labute approximate surface area is 162 Å². The first kappa shape index (κ1) is 18.6. The second-order valence-corrected chi connectivity index (χ2v) is 5.35. The van der Waals surface area contributed by atoms with E-state index in [1.165, 1.54) is 12.1 Å². The van der Waals surface area contributed by atoms with E-state index in [9.17, 15) is 25.2 Å². The number of aliphatic hydroxyl groups excluding tert-OH is 3. The van der Waals surface area contributed by atoms with Crippen LogP contribution in [0.5, 0.6) is 0 Å². The van der Waals surface area contributed by atoms with Crippen LogP contribution in [0.1, 0.15) is 10.4 Å². The molecule has 1 saturated heterocycles. The standard InChI is InChI=1S/C12H14O6S.K/c13-8-5-18-12(10(15)9(8)14)19-7-3-1-6(2-4-7)11(16)17;/h1-4,8-10,12-15H,5H2,(H,16,17);/q;+1/p-1/t8-,9+,10-,12+;/m1./s1. The summed E-state index contributed by atoms with van der Waals surface area (Å²) in [5, 5.41) is 39.2. The Morgan fingerprint density at radius 2 is 1.80 bits per heavy atom. The van der Waals surface area contributed by atoms with Crippen LogP contribution in [-0.4, -0.2) is 51.6 Å². The average molecular weight is 324 g/mol. The third-order valence-electron chi connectivity index (χ3n) is 2.80. The molecule has 1 aliphatic rings. The van der Waals surface area contributed by atoms with E-state index >= 15 is 0 Å². The largest absolute Gasteiger partial charge is 1.00 e. The minimum atomic E-state index is -1.26. The van der Waals surface area contributed by atoms with Crippen molar-refractivity contribution in [2.24, 2.45) is 0 Å². The van der Waals surface area contributed by atoms with Gasteiger partial charge in [0.1, 0.15) is 23.7 Å². The van der Waals surface area contributed by atoms with Gasteiger partial charge in [-0.15, -0.1) is 0 Å². The van der Waals surface area contributed by atoms with Crippen molar-refractivity contribution >= 4 is 17.7 Å². The van der Waals surface area contributed by atoms with Crippen LogP contribution in [-0.2, 0) is 4.74 Å². The molecule has 0 amide bonds. The van der Waals surface area contributed by atoms with Crippen molar-refractivity contribution in [1.82, 2.24) is 0 Å². The zero-order valence-electron chi connectivity index (χ0n) is 10.8. The van der Waals surface area contributed by atoms with Crippen LogP contribution in [0.25, 0.3) is 0 Å². The maximum atomic E-state index is 10.6. The molecule has 8 heteroatoms. The quantitative estimate of drug-likeness (QED) is 0.482. The molecule has 1 aliphatic heterocycles. The molecule has 1 fully saturated rings. The maximum Gasteiger partial charge on any atom is 1.00 e. The van der Waals surface area contributed by atoms with Crippen molar-refractivity contribution in [2.45, 2.75) is 28.6 Å². The van der Waals surface area contributed by atoms with E-state index in [1.54, 1.807) is 12.1 Å². The van der Waals surface area contributed by atoms with E-state index in [0.29, 0.717) is 4.90 Å². The van der Waals surface area contributed by atoms with Gasteiger partial charge >= 0.3 is 51.4 Å². The van der Waals surface area contributed by atoms with Crippen LogP contribution in [0.3, 0.4) is 0 Å². The molecule has 1 heterocycles. The third-order valence-corrected chi connectivity index (χ3v) is 3.99. The van der Waals surface area contributed by atoms with Crippen LogP contribution in [0.2, 0.25) is 0 Å². The van der Waals surface area contributed by atoms with Gasteiger partial charge in [0.2, 0.25) is 0 Å². The van der Waals surface area contributed by atoms with Crippen LogP contribution in [0, 0.1) is 0 Å². The first-order chi connectivity index (χ1) is 8.99. The SMILES string of the molecule is O=C([O-])c1ccc(S[C@@H]2OC[C@@H](O)[C@H](O)[C@H]2O)cc1.[K+]. The third kappa shape index (κ3) is 4.50. The number of thioether (sulfide) groups is 1. The molecule has 2 rings (SSSR count). The van der Waals surface area contributed by atoms with E-state index in [1.807, 2.05) is 0 Å². The number of ether oxygens (including phenoxy) is 1. The Balaban J connectivity index is 0.00000200. The van der Waals surface area contributed by atoms with E-state index in [4.69, 9.17) is 4.74 Å². The molecule has 0 saturated carbocycles. The van der Waals surface area contributed by atoms with Gasteiger partial charge < -0.3 is 30.0 Å². The van der Waals surface area contributed by atoms with Gasteiger partial charge in [-0.2, -0.15) is 0 Å². The smallest absolute Gasteiger partial charge is 0.545 e. The summed E-state index contributed by atoms with van der Waals surface area (Å²) in [6, 6.07) is 5.89. The van der Waals surface area contributed by atoms with Crippen molar-refractivity contribution in [3.63, 3.8) is 0 Å². The fraction of sp³-hybridized carbons (Fsp3) is 0.417. The van der Waals surface area contributed by atoms with Gasteiger partial charge in [-0.05, 0) is 17.7 Å². The molecule has 6 nitrogen and oxygen atoms in total. The minimum Gasteiger partial charge on any atom is -0.545 e. The molecule has 1 aromatic carbocycles. The number of carbonyl (C=O) groups excluding carboxylic acids is 1. The Morgan fingerprint density at radius 1 is 1.20 bits per heavy atom. The zero-order valence-corrected chi connectivity index (χ0v) is 14.7. The first-order valence-corrected chi connectivity index (χ1v) is 6.51. The predicted octanol–water partition coefficient (Wildman–Crippen LogP) is -4.41. The Bertz CT molecular complexity index is 454. The van der Waals surface area contributed by atoms with Crippen molar-refractivity contribution < 1.29 is 81.3 Å². The zero-order chi connectivity index (χ0) is 14.0. The summed E-state index contributed by atoms with van der Waals surface area (Å²) in [5.74, 6) is -1.26. The summed E-state index contributed by atoms with van der Waals surface area (Å²) in [6.45, 7) is -0.0625. The molecule has 104 valence electrons. The second-order valence-electron chi connectivity index (χ2n) is 4.18. The molecule has 0 aromatic heterocycles. The van der Waals surface area contributed by atoms with Crippen molar-refractivity contribution in [1.29, 1.82) is 0 Å². The van der Waals surface area contributed by atoms with Gasteiger partial charge in [0.15, 0.2) is 0 Å². The number of hydrogen-bond acceptors (Lipinski definition) is 7. The van der Waals surface area contributed by atoms with Crippen LogP contribution >= 0.6 is 11.8 Å². The van der Waals surface area contributed by atoms with Crippen LogP contribution in [0.4, 0.5) is 0 Å². The number of carboxylic acids is 1. The molecule has 4 atom stereocenters. The fourth-order valence-electron chi connectivity index (χ4n) is 1.69. The Hall–Kier alpha value is 0.516. The van der Waals surface area contributed by atoms with Gasteiger partial charge in [0.25, 0.3) is 0 Å². The molecule has 20 heavy (non-hydrogen) atoms. The molecular formula is C12H13KO6S. The van der Waals surface area contributed by atoms with Crippen LogP contribution < -0.4 is 56.5 Å². The fourth-order valence-corrected chi connectivity index (χ4v) is 2.70. The van der Waals surface area contributed by atoms with Gasteiger partial charge in [0, 0.05) is 4.90 Å². The second kappa shape index (κ2) is 8.23. The molecule has 0 aliphatic carbocycles. The number of carbonyl (C=O) groups is 1. The van der Waals surface area contributed by atoms with Gasteiger partial charge in [-0.3, -0.25) is 0 Å². The molecule has 0 bridgehead atoms. The van der Waals surface area contributed by atoms with Crippen molar-refractivity contribution in [2.75, 3.05) is 6.61 Å². The maximum absolute atomic E-state index is 10.6. The molecule has 0 spiro atoms. The van der Waals surface area contributed by atoms with E-state index in [2.05, 4.69) is 0 Å². The monoisotopic (exact) mass is 324 g/mol. The number of benzene rings is 1. The summed E-state index contributed by atoms with van der Waals surface area (Å²) in [7, 11) is 0. The Kier molecular flexibility index (Phi) is 7.64. The van der Waals surface area contributed by atoms with Gasteiger partial charge in [0.05, 0.1) is 12.6 Å². The van der Waals surface area contributed by atoms with Gasteiger partial charge in [-0.25, -0.2) is 0 Å². The Morgan fingerprint density at radius 3 is 2.35 bits per heavy atom. The summed E-state index contributed by atoms with van der Waals surface area (Å²) in [5.41, 5.74) is -0.655. The van der Waals surface area contributed by atoms with Crippen molar-refractivity contribution in [3.8, 4) is 0 Å². The topological polar surface area (TPSA) is 110 Å². The van der Waals surface area contributed by atoms with E-state index in [-0.39, 0.29) is 63.6 Å². The van der Waals surface area contributed by atoms with Crippen molar-refractivity contribution in [3.05, 3.63) is 29.8 Å². The molecule has 0 radical (unpaired) electrons. The number of hydrogen-bond donors (Lipinski definition) is 3. The number of rotatable bonds is 3. The minimum absolute atomic E-state index is 0. The summed E-state index contributed by atoms with van der Waals surface area (Å²) in [4.78, 5) is 11.3. The molecule has 1 aromatic rings. The van der Waals surface area contributed by atoms with E-state index in [0.717, 1.165) is 11.8 Å². The summed E-state index contributed by atoms with van der Waals surface area (Å²) < 4.78 is 5.23. The number of aliphatic hydroxyl groups is 3. The van der Waals surface area contributed by atoms with E-state index < -0.39 is 29.7 Å². The summed E-state index contributed by atoms with van der Waals surface area (Å²) >= 11 is 1.14. The molecule has 0 unspecified atom stereocenters. The normalized spacial score (nSPS) is 29.6. The molecular weight excluding hydrogens is 311 g/mol. The van der Waals surface area contributed by atoms with Gasteiger partial charge in [-0.1, -0.05) is 23.9 Å².